The molecule has 2 bridgehead atoms. The van der Waals surface area contributed by atoms with Crippen molar-refractivity contribution in [2.75, 3.05) is 26.7 Å². The summed E-state index contributed by atoms with van der Waals surface area (Å²) in [6.45, 7) is 8.59. The van der Waals surface area contributed by atoms with Gasteiger partial charge in [0.1, 0.15) is 5.60 Å². The zero-order valence-corrected chi connectivity index (χ0v) is 15.4. The predicted octanol–water partition coefficient (Wildman–Crippen LogP) is 2.02. The van der Waals surface area contributed by atoms with Gasteiger partial charge in [0.2, 0.25) is 5.91 Å². The van der Waals surface area contributed by atoms with Gasteiger partial charge in [0.15, 0.2) is 0 Å². The van der Waals surface area contributed by atoms with Crippen molar-refractivity contribution < 1.29 is 14.3 Å². The Kier molecular flexibility index (Phi) is 7.14. The lowest BCUT2D eigenvalue weighted by atomic mass is 10.0. The first-order valence-corrected chi connectivity index (χ1v) is 8.30. The molecular formula is C16H30ClN3O3. The van der Waals surface area contributed by atoms with Crippen LogP contribution >= 0.6 is 12.4 Å². The van der Waals surface area contributed by atoms with Crippen molar-refractivity contribution >= 4 is 24.4 Å². The van der Waals surface area contributed by atoms with E-state index in [-0.39, 0.29) is 24.4 Å². The monoisotopic (exact) mass is 347 g/mol. The number of hydrogen-bond acceptors (Lipinski definition) is 4. The summed E-state index contributed by atoms with van der Waals surface area (Å²) in [6.07, 6.45) is 3.24. The predicted molar refractivity (Wildman–Crippen MR) is 91.9 cm³/mol. The number of nitrogens with one attached hydrogen (secondary N) is 1. The average Bonchev–Trinajstić information content (AvgIpc) is 2.74. The molecule has 1 N–H and O–H groups in total. The molecule has 2 amide bonds. The molecule has 2 unspecified atom stereocenters. The fourth-order valence-corrected chi connectivity index (χ4v) is 3.54. The maximum absolute atomic E-state index is 12.0. The van der Waals surface area contributed by atoms with E-state index < -0.39 is 5.60 Å². The second kappa shape index (κ2) is 8.20. The summed E-state index contributed by atoms with van der Waals surface area (Å²) < 4.78 is 5.38. The Bertz CT molecular complexity index is 417. The number of likely N-dealkylation sites (tertiary alicyclic amines) is 1. The molecular weight excluding hydrogens is 318 g/mol. The van der Waals surface area contributed by atoms with E-state index in [0.29, 0.717) is 18.5 Å². The molecule has 2 saturated heterocycles. The van der Waals surface area contributed by atoms with Gasteiger partial charge in [-0.25, -0.2) is 4.79 Å². The van der Waals surface area contributed by atoms with Gasteiger partial charge in [0.05, 0.1) is 0 Å². The van der Waals surface area contributed by atoms with Crippen LogP contribution in [0.1, 0.15) is 46.5 Å². The average molecular weight is 348 g/mol. The molecule has 134 valence electrons. The van der Waals surface area contributed by atoms with Crippen LogP contribution in [-0.2, 0) is 9.53 Å². The minimum absolute atomic E-state index is 0. The highest BCUT2D eigenvalue weighted by Gasteiger charge is 2.41. The maximum atomic E-state index is 12.0. The van der Waals surface area contributed by atoms with Gasteiger partial charge in [0, 0.05) is 45.2 Å². The van der Waals surface area contributed by atoms with Crippen molar-refractivity contribution in [3.8, 4) is 0 Å². The number of rotatable bonds is 5. The molecule has 0 saturated carbocycles. The molecule has 6 nitrogen and oxygen atoms in total. The van der Waals surface area contributed by atoms with Gasteiger partial charge in [-0.1, -0.05) is 6.92 Å². The number of carbonyl (C=O) groups is 2. The third-order valence-corrected chi connectivity index (χ3v) is 4.75. The topological polar surface area (TPSA) is 61.9 Å². The number of halogens is 1. The van der Waals surface area contributed by atoms with Crippen LogP contribution in [0.5, 0.6) is 0 Å². The molecule has 2 rings (SSSR count). The molecule has 23 heavy (non-hydrogen) atoms. The zero-order chi connectivity index (χ0) is 16.3. The number of fused-ring (bicyclic) bond motifs is 2. The van der Waals surface area contributed by atoms with Crippen LogP contribution in [0.4, 0.5) is 4.79 Å². The summed E-state index contributed by atoms with van der Waals surface area (Å²) in [6, 6.07) is 0.739. The van der Waals surface area contributed by atoms with Crippen LogP contribution in [0.2, 0.25) is 0 Å². The minimum Gasteiger partial charge on any atom is -0.443 e. The van der Waals surface area contributed by atoms with E-state index in [9.17, 15) is 9.59 Å². The van der Waals surface area contributed by atoms with Crippen LogP contribution in [0.15, 0.2) is 0 Å². The van der Waals surface area contributed by atoms with Crippen molar-refractivity contribution in [2.45, 2.75) is 64.1 Å². The number of piperazine rings is 1. The maximum Gasteiger partial charge on any atom is 0.407 e. The van der Waals surface area contributed by atoms with Crippen molar-refractivity contribution in [3.63, 3.8) is 0 Å². The van der Waals surface area contributed by atoms with E-state index in [1.54, 1.807) is 7.05 Å². The van der Waals surface area contributed by atoms with Crippen LogP contribution in [0.3, 0.4) is 0 Å². The number of hydrogen-bond donors (Lipinski definition) is 1. The number of carbonyl (C=O) groups excluding carboxylic acids is 2. The Hall–Kier alpha value is -1.01. The lowest BCUT2D eigenvalue weighted by Crippen LogP contribution is -2.56. The molecule has 2 heterocycles. The smallest absolute Gasteiger partial charge is 0.407 e. The molecule has 2 atom stereocenters. The van der Waals surface area contributed by atoms with Gasteiger partial charge in [0.25, 0.3) is 0 Å². The highest BCUT2D eigenvalue weighted by molar-refractivity contribution is 5.85. The van der Waals surface area contributed by atoms with E-state index in [1.165, 1.54) is 0 Å². The first kappa shape index (κ1) is 20.0. The van der Waals surface area contributed by atoms with Crippen LogP contribution in [0, 0.1) is 0 Å². The number of alkyl carbamates (subject to hydrolysis) is 1. The lowest BCUT2D eigenvalue weighted by molar-refractivity contribution is -0.136. The first-order valence-electron chi connectivity index (χ1n) is 8.30. The molecule has 2 aliphatic rings. The number of nitrogens with zero attached hydrogens (tertiary/aromatic N) is 2. The van der Waals surface area contributed by atoms with E-state index in [0.717, 1.165) is 38.9 Å². The van der Waals surface area contributed by atoms with Crippen molar-refractivity contribution in [1.29, 1.82) is 0 Å². The quantitative estimate of drug-likeness (QED) is 0.826. The zero-order valence-electron chi connectivity index (χ0n) is 14.6. The van der Waals surface area contributed by atoms with Gasteiger partial charge < -0.3 is 15.0 Å². The molecule has 2 aliphatic heterocycles. The molecule has 0 radical (unpaired) electrons. The lowest BCUT2D eigenvalue weighted by Gasteiger charge is -2.42. The summed E-state index contributed by atoms with van der Waals surface area (Å²) in [5, 5.41) is 2.49. The van der Waals surface area contributed by atoms with E-state index >= 15 is 0 Å². The minimum atomic E-state index is -0.477. The van der Waals surface area contributed by atoms with E-state index in [2.05, 4.69) is 15.1 Å². The SMILES string of the molecule is CCC(=O)N1C2CCC1CN(CCC(C)(C)OC(=O)NC)C2.Cl. The molecule has 0 aromatic rings. The van der Waals surface area contributed by atoms with Gasteiger partial charge in [-0.2, -0.15) is 0 Å². The third-order valence-electron chi connectivity index (χ3n) is 4.75. The summed E-state index contributed by atoms with van der Waals surface area (Å²) in [5.74, 6) is 0.287. The van der Waals surface area contributed by atoms with Crippen molar-refractivity contribution in [1.82, 2.24) is 15.1 Å². The number of amides is 2. The van der Waals surface area contributed by atoms with Crippen molar-refractivity contribution in [3.05, 3.63) is 0 Å². The Morgan fingerprint density at radius 1 is 1.22 bits per heavy atom. The highest BCUT2D eigenvalue weighted by Crippen LogP contribution is 2.31. The molecule has 2 fully saturated rings. The normalized spacial score (nSPS) is 24.1. The Balaban J connectivity index is 0.00000264. The first-order chi connectivity index (χ1) is 10.4. The second-order valence-electron chi connectivity index (χ2n) is 6.95. The second-order valence-corrected chi connectivity index (χ2v) is 6.95. The van der Waals surface area contributed by atoms with Gasteiger partial charge in [-0.05, 0) is 33.1 Å². The van der Waals surface area contributed by atoms with Crippen LogP contribution in [-0.4, -0.2) is 66.2 Å². The summed E-state index contributed by atoms with van der Waals surface area (Å²) in [7, 11) is 1.57. The summed E-state index contributed by atoms with van der Waals surface area (Å²) in [4.78, 5) is 27.9. The molecule has 0 spiro atoms. The van der Waals surface area contributed by atoms with E-state index in [1.807, 2.05) is 20.8 Å². The molecule has 0 aliphatic carbocycles. The Morgan fingerprint density at radius 2 is 1.78 bits per heavy atom. The molecule has 0 aromatic carbocycles. The Morgan fingerprint density at radius 3 is 2.26 bits per heavy atom. The van der Waals surface area contributed by atoms with Gasteiger partial charge in [-0.3, -0.25) is 9.69 Å². The van der Waals surface area contributed by atoms with Gasteiger partial charge >= 0.3 is 6.09 Å². The van der Waals surface area contributed by atoms with Crippen LogP contribution in [0.25, 0.3) is 0 Å². The van der Waals surface area contributed by atoms with E-state index in [4.69, 9.17) is 4.74 Å². The third kappa shape index (κ3) is 4.98. The van der Waals surface area contributed by atoms with Gasteiger partial charge in [-0.15, -0.1) is 12.4 Å². The summed E-state index contributed by atoms with van der Waals surface area (Å²) >= 11 is 0. The van der Waals surface area contributed by atoms with Crippen molar-refractivity contribution in [2.24, 2.45) is 0 Å². The largest absolute Gasteiger partial charge is 0.443 e. The molecule has 7 heteroatoms. The summed E-state index contributed by atoms with van der Waals surface area (Å²) in [5.41, 5.74) is -0.477. The number of ether oxygens (including phenoxy) is 1. The standard InChI is InChI=1S/C16H29N3O3.ClH/c1-5-14(20)19-12-6-7-13(19)11-18(10-12)9-8-16(2,3)22-15(21)17-4;/h12-13H,5-11H2,1-4H3,(H,17,21);1H. The molecule has 0 aromatic heterocycles. The fourth-order valence-electron chi connectivity index (χ4n) is 3.54. The van der Waals surface area contributed by atoms with Crippen LogP contribution < -0.4 is 5.32 Å². The highest BCUT2D eigenvalue weighted by atomic mass is 35.5. The fraction of sp³-hybridized carbons (Fsp3) is 0.875. The Labute approximate surface area is 145 Å².